The molecule has 1 aromatic heterocycles. The van der Waals surface area contributed by atoms with E-state index in [-0.39, 0.29) is 6.04 Å². The zero-order valence-electron chi connectivity index (χ0n) is 10.1. The van der Waals surface area contributed by atoms with Crippen LogP contribution in [-0.2, 0) is 13.0 Å². The first kappa shape index (κ1) is 12.2. The summed E-state index contributed by atoms with van der Waals surface area (Å²) < 4.78 is 2.21. The van der Waals surface area contributed by atoms with Crippen LogP contribution in [-0.4, -0.2) is 15.6 Å². The van der Waals surface area contributed by atoms with Crippen LogP contribution in [0, 0.1) is 5.92 Å². The van der Waals surface area contributed by atoms with Gasteiger partial charge in [0.1, 0.15) is 0 Å². The molecule has 1 rings (SSSR count). The first-order valence-corrected chi connectivity index (χ1v) is 5.88. The standard InChI is InChI=1S/C12H23N3/c1-4-5-15-9-14-8-12(15)7-11(13)6-10(2)3/h8-11H,4-7,13H2,1-3H3. The molecule has 2 N–H and O–H groups in total. The molecule has 0 amide bonds. The monoisotopic (exact) mass is 209 g/mol. The largest absolute Gasteiger partial charge is 0.335 e. The molecule has 0 aliphatic carbocycles. The van der Waals surface area contributed by atoms with Gasteiger partial charge in [0.25, 0.3) is 0 Å². The average molecular weight is 209 g/mol. The summed E-state index contributed by atoms with van der Waals surface area (Å²) >= 11 is 0. The molecule has 3 heteroatoms. The summed E-state index contributed by atoms with van der Waals surface area (Å²) in [6.07, 6.45) is 7.01. The smallest absolute Gasteiger partial charge is 0.0948 e. The first-order chi connectivity index (χ1) is 7.13. The van der Waals surface area contributed by atoms with E-state index in [0.29, 0.717) is 5.92 Å². The zero-order valence-corrected chi connectivity index (χ0v) is 10.1. The molecule has 0 fully saturated rings. The summed E-state index contributed by atoms with van der Waals surface area (Å²) in [5.41, 5.74) is 7.36. The number of hydrogen-bond donors (Lipinski definition) is 1. The minimum absolute atomic E-state index is 0.261. The van der Waals surface area contributed by atoms with Gasteiger partial charge in [0.05, 0.1) is 6.33 Å². The molecule has 1 unspecified atom stereocenters. The fourth-order valence-corrected chi connectivity index (χ4v) is 1.92. The Labute approximate surface area is 92.7 Å². The first-order valence-electron chi connectivity index (χ1n) is 5.88. The lowest BCUT2D eigenvalue weighted by atomic mass is 10.0. The van der Waals surface area contributed by atoms with E-state index in [0.717, 1.165) is 25.8 Å². The quantitative estimate of drug-likeness (QED) is 0.780. The number of nitrogens with two attached hydrogens (primary N) is 1. The molecule has 0 aromatic carbocycles. The molecule has 86 valence electrons. The second-order valence-electron chi connectivity index (χ2n) is 4.67. The van der Waals surface area contributed by atoms with Crippen LogP contribution >= 0.6 is 0 Å². The molecule has 0 radical (unpaired) electrons. The van der Waals surface area contributed by atoms with Gasteiger partial charge in [-0.15, -0.1) is 0 Å². The summed E-state index contributed by atoms with van der Waals surface area (Å²) in [5.74, 6) is 0.669. The Bertz CT molecular complexity index is 278. The van der Waals surface area contributed by atoms with Crippen molar-refractivity contribution < 1.29 is 0 Å². The predicted octanol–water partition coefficient (Wildman–Crippen LogP) is 2.21. The van der Waals surface area contributed by atoms with Crippen LogP contribution < -0.4 is 5.73 Å². The maximum absolute atomic E-state index is 6.09. The van der Waals surface area contributed by atoms with Gasteiger partial charge in [-0.1, -0.05) is 20.8 Å². The topological polar surface area (TPSA) is 43.8 Å². The van der Waals surface area contributed by atoms with Gasteiger partial charge in [-0.05, 0) is 18.8 Å². The van der Waals surface area contributed by atoms with Crippen LogP contribution in [0.15, 0.2) is 12.5 Å². The Hall–Kier alpha value is -0.830. The molecule has 0 bridgehead atoms. The molecule has 15 heavy (non-hydrogen) atoms. The fourth-order valence-electron chi connectivity index (χ4n) is 1.92. The predicted molar refractivity (Wildman–Crippen MR) is 63.7 cm³/mol. The van der Waals surface area contributed by atoms with Crippen molar-refractivity contribution in [3.05, 3.63) is 18.2 Å². The molecule has 1 heterocycles. The second-order valence-corrected chi connectivity index (χ2v) is 4.67. The third-order valence-electron chi connectivity index (χ3n) is 2.51. The van der Waals surface area contributed by atoms with E-state index in [4.69, 9.17) is 5.73 Å². The lowest BCUT2D eigenvalue weighted by molar-refractivity contribution is 0.482. The van der Waals surface area contributed by atoms with E-state index in [1.54, 1.807) is 0 Å². The third kappa shape index (κ3) is 4.04. The van der Waals surface area contributed by atoms with Crippen molar-refractivity contribution in [3.63, 3.8) is 0 Å². The van der Waals surface area contributed by atoms with E-state index >= 15 is 0 Å². The highest BCUT2D eigenvalue weighted by atomic mass is 15.0. The number of aromatic nitrogens is 2. The molecule has 1 aromatic rings. The third-order valence-corrected chi connectivity index (χ3v) is 2.51. The van der Waals surface area contributed by atoms with E-state index in [1.807, 2.05) is 12.5 Å². The van der Waals surface area contributed by atoms with Gasteiger partial charge in [0.2, 0.25) is 0 Å². The number of hydrogen-bond acceptors (Lipinski definition) is 2. The minimum atomic E-state index is 0.261. The van der Waals surface area contributed by atoms with Crippen molar-refractivity contribution in [1.29, 1.82) is 0 Å². The maximum atomic E-state index is 6.09. The molecule has 1 atom stereocenters. The molecule has 0 saturated carbocycles. The van der Waals surface area contributed by atoms with Gasteiger partial charge >= 0.3 is 0 Å². The molecule has 0 saturated heterocycles. The van der Waals surface area contributed by atoms with Crippen molar-refractivity contribution in [3.8, 4) is 0 Å². The number of imidazole rings is 1. The van der Waals surface area contributed by atoms with Gasteiger partial charge in [0, 0.05) is 30.9 Å². The Morgan fingerprint density at radius 2 is 2.20 bits per heavy atom. The minimum Gasteiger partial charge on any atom is -0.335 e. The Kier molecular flexibility index (Phi) is 4.82. The lowest BCUT2D eigenvalue weighted by Crippen LogP contribution is -2.25. The Balaban J connectivity index is 2.51. The van der Waals surface area contributed by atoms with E-state index in [2.05, 4.69) is 30.3 Å². The summed E-state index contributed by atoms with van der Waals surface area (Å²) in [6.45, 7) is 7.65. The van der Waals surface area contributed by atoms with Crippen LogP contribution in [0.5, 0.6) is 0 Å². The van der Waals surface area contributed by atoms with E-state index in [9.17, 15) is 0 Å². The van der Waals surface area contributed by atoms with Crippen LogP contribution in [0.1, 0.15) is 39.3 Å². The summed E-state index contributed by atoms with van der Waals surface area (Å²) in [7, 11) is 0. The molecular formula is C12H23N3. The van der Waals surface area contributed by atoms with Crippen molar-refractivity contribution in [2.75, 3.05) is 0 Å². The molecule has 0 spiro atoms. The Morgan fingerprint density at radius 3 is 2.80 bits per heavy atom. The summed E-state index contributed by atoms with van der Waals surface area (Å²) in [4.78, 5) is 4.18. The van der Waals surface area contributed by atoms with Gasteiger partial charge in [0.15, 0.2) is 0 Å². The van der Waals surface area contributed by atoms with E-state index < -0.39 is 0 Å². The Morgan fingerprint density at radius 1 is 1.47 bits per heavy atom. The zero-order chi connectivity index (χ0) is 11.3. The van der Waals surface area contributed by atoms with Crippen LogP contribution in [0.2, 0.25) is 0 Å². The van der Waals surface area contributed by atoms with Crippen molar-refractivity contribution in [1.82, 2.24) is 9.55 Å². The van der Waals surface area contributed by atoms with Crippen LogP contribution in [0.4, 0.5) is 0 Å². The van der Waals surface area contributed by atoms with Gasteiger partial charge in [-0.25, -0.2) is 4.98 Å². The summed E-state index contributed by atoms with van der Waals surface area (Å²) in [5, 5.41) is 0. The van der Waals surface area contributed by atoms with E-state index in [1.165, 1.54) is 5.69 Å². The number of nitrogens with zero attached hydrogens (tertiary/aromatic N) is 2. The average Bonchev–Trinajstić information content (AvgIpc) is 2.52. The fraction of sp³-hybridized carbons (Fsp3) is 0.750. The highest BCUT2D eigenvalue weighted by Crippen LogP contribution is 2.09. The number of aryl methyl sites for hydroxylation is 1. The normalized spacial score (nSPS) is 13.4. The number of rotatable bonds is 6. The highest BCUT2D eigenvalue weighted by molar-refractivity contribution is 5.00. The van der Waals surface area contributed by atoms with Crippen molar-refractivity contribution in [2.24, 2.45) is 11.7 Å². The lowest BCUT2D eigenvalue weighted by Gasteiger charge is -2.15. The maximum Gasteiger partial charge on any atom is 0.0948 e. The second kappa shape index (κ2) is 5.91. The SMILES string of the molecule is CCCn1cncc1CC(N)CC(C)C. The van der Waals surface area contributed by atoms with Gasteiger partial charge in [-0.2, -0.15) is 0 Å². The van der Waals surface area contributed by atoms with Crippen LogP contribution in [0.3, 0.4) is 0 Å². The molecule has 3 nitrogen and oxygen atoms in total. The van der Waals surface area contributed by atoms with Crippen molar-refractivity contribution >= 4 is 0 Å². The molecular weight excluding hydrogens is 186 g/mol. The molecule has 0 aliphatic heterocycles. The van der Waals surface area contributed by atoms with Gasteiger partial charge < -0.3 is 10.3 Å². The van der Waals surface area contributed by atoms with Crippen LogP contribution in [0.25, 0.3) is 0 Å². The molecule has 0 aliphatic rings. The summed E-state index contributed by atoms with van der Waals surface area (Å²) in [6, 6.07) is 0.261. The highest BCUT2D eigenvalue weighted by Gasteiger charge is 2.09. The van der Waals surface area contributed by atoms with Crippen molar-refractivity contribution in [2.45, 2.75) is 52.6 Å². The van der Waals surface area contributed by atoms with Gasteiger partial charge in [-0.3, -0.25) is 0 Å².